The molecule has 0 saturated carbocycles. The zero-order chi connectivity index (χ0) is 19.6. The molecule has 27 heavy (non-hydrogen) atoms. The molecule has 0 aliphatic carbocycles. The minimum Gasteiger partial charge on any atom is -0.383 e. The molecular formula is C20H15ClN4O2. The number of hydrogen-bond acceptors (Lipinski definition) is 5. The molecule has 1 heterocycles. The van der Waals surface area contributed by atoms with E-state index in [1.54, 1.807) is 0 Å². The van der Waals surface area contributed by atoms with Crippen molar-refractivity contribution in [1.29, 1.82) is 5.26 Å². The Kier molecular flexibility index (Phi) is 5.06. The van der Waals surface area contributed by atoms with E-state index in [2.05, 4.69) is 11.1 Å². The fourth-order valence-electron chi connectivity index (χ4n) is 3.05. The highest BCUT2D eigenvalue weighted by Crippen LogP contribution is 2.40. The summed E-state index contributed by atoms with van der Waals surface area (Å²) < 4.78 is 0. The Morgan fingerprint density at radius 2 is 1.96 bits per heavy atom. The Bertz CT molecular complexity index is 1080. The molecule has 0 aliphatic rings. The largest absolute Gasteiger partial charge is 0.383 e. The molecule has 0 atom stereocenters. The Hall–Kier alpha value is -3.43. The van der Waals surface area contributed by atoms with Crippen molar-refractivity contribution in [3.8, 4) is 28.5 Å². The molecule has 6 nitrogen and oxygen atoms in total. The lowest BCUT2D eigenvalue weighted by Crippen LogP contribution is -2.05. The molecule has 0 amide bonds. The summed E-state index contributed by atoms with van der Waals surface area (Å²) in [5.41, 5.74) is 9.23. The van der Waals surface area contributed by atoms with E-state index in [1.807, 2.05) is 37.3 Å². The van der Waals surface area contributed by atoms with Crippen molar-refractivity contribution in [2.24, 2.45) is 0 Å². The lowest BCUT2D eigenvalue weighted by molar-refractivity contribution is -0.384. The number of halogens is 1. The predicted molar refractivity (Wildman–Crippen MR) is 105 cm³/mol. The van der Waals surface area contributed by atoms with Gasteiger partial charge in [0.25, 0.3) is 5.69 Å². The molecule has 0 saturated heterocycles. The molecule has 0 spiro atoms. The van der Waals surface area contributed by atoms with Gasteiger partial charge in [0.1, 0.15) is 17.5 Å². The number of hydrogen-bond donors (Lipinski definition) is 1. The van der Waals surface area contributed by atoms with E-state index in [4.69, 9.17) is 17.3 Å². The minimum absolute atomic E-state index is 0.0612. The number of pyridine rings is 1. The third-order valence-corrected chi connectivity index (χ3v) is 4.60. The molecule has 0 bridgehead atoms. The molecule has 1 aromatic heterocycles. The highest BCUT2D eigenvalue weighted by Gasteiger charge is 2.23. The maximum absolute atomic E-state index is 11.2. The second-order valence-electron chi connectivity index (χ2n) is 5.83. The second-order valence-corrected chi connectivity index (χ2v) is 6.23. The number of anilines is 1. The fourth-order valence-corrected chi connectivity index (χ4v) is 3.26. The molecule has 7 heteroatoms. The average Bonchev–Trinajstić information content (AvgIpc) is 2.68. The first-order chi connectivity index (χ1) is 13.0. The molecule has 134 valence electrons. The van der Waals surface area contributed by atoms with Gasteiger partial charge >= 0.3 is 0 Å². The monoisotopic (exact) mass is 378 g/mol. The Balaban J connectivity index is 2.42. The standard InChI is InChI=1S/C20H15ClN4O2/c1-2-14-18(15-10-13(25(26)27)8-9-17(15)21)16(11-22)20(23)24-19(14)12-6-4-3-5-7-12/h3-10H,2H2,1H3,(H2,23,24). The number of nitrogens with zero attached hydrogens (tertiary/aromatic N) is 3. The van der Waals surface area contributed by atoms with Crippen LogP contribution in [-0.4, -0.2) is 9.91 Å². The molecule has 2 N–H and O–H groups in total. The summed E-state index contributed by atoms with van der Waals surface area (Å²) in [7, 11) is 0. The smallest absolute Gasteiger partial charge is 0.270 e. The van der Waals surface area contributed by atoms with E-state index >= 15 is 0 Å². The lowest BCUT2D eigenvalue weighted by Gasteiger charge is -2.17. The molecule has 0 aliphatic heterocycles. The van der Waals surface area contributed by atoms with E-state index in [1.165, 1.54) is 18.2 Å². The summed E-state index contributed by atoms with van der Waals surface area (Å²) in [5.74, 6) is 0.0612. The van der Waals surface area contributed by atoms with Crippen LogP contribution >= 0.6 is 11.6 Å². The van der Waals surface area contributed by atoms with Crippen molar-refractivity contribution >= 4 is 23.1 Å². The summed E-state index contributed by atoms with van der Waals surface area (Å²) in [6, 6.07) is 15.7. The van der Waals surface area contributed by atoms with Crippen LogP contribution in [0.5, 0.6) is 0 Å². The number of aromatic nitrogens is 1. The third kappa shape index (κ3) is 3.33. The van der Waals surface area contributed by atoms with E-state index < -0.39 is 4.92 Å². The van der Waals surface area contributed by atoms with E-state index in [0.717, 1.165) is 11.1 Å². The Morgan fingerprint density at radius 1 is 1.26 bits per heavy atom. The van der Waals surface area contributed by atoms with Crippen LogP contribution in [0, 0.1) is 21.4 Å². The molecule has 3 rings (SSSR count). The van der Waals surface area contributed by atoms with Crippen LogP contribution in [0.4, 0.5) is 11.5 Å². The van der Waals surface area contributed by atoms with E-state index in [9.17, 15) is 15.4 Å². The third-order valence-electron chi connectivity index (χ3n) is 4.27. The van der Waals surface area contributed by atoms with Gasteiger partial charge in [-0.2, -0.15) is 5.26 Å². The van der Waals surface area contributed by atoms with Gasteiger partial charge < -0.3 is 5.73 Å². The van der Waals surface area contributed by atoms with E-state index in [0.29, 0.717) is 28.3 Å². The highest BCUT2D eigenvalue weighted by atomic mass is 35.5. The van der Waals surface area contributed by atoms with Gasteiger partial charge in [0.05, 0.1) is 10.6 Å². The normalized spacial score (nSPS) is 10.4. The maximum Gasteiger partial charge on any atom is 0.270 e. The summed E-state index contributed by atoms with van der Waals surface area (Å²) in [4.78, 5) is 15.2. The van der Waals surface area contributed by atoms with Crippen LogP contribution in [0.3, 0.4) is 0 Å². The summed E-state index contributed by atoms with van der Waals surface area (Å²) in [5, 5.41) is 21.2. The molecule has 0 radical (unpaired) electrons. The molecule has 3 aromatic rings. The number of nitrogens with two attached hydrogens (primary N) is 1. The Morgan fingerprint density at radius 3 is 2.56 bits per heavy atom. The van der Waals surface area contributed by atoms with Gasteiger partial charge in [0, 0.05) is 33.8 Å². The Labute approximate surface area is 161 Å². The first-order valence-corrected chi connectivity index (χ1v) is 8.57. The number of benzene rings is 2. The number of rotatable bonds is 4. The minimum atomic E-state index is -0.500. The van der Waals surface area contributed by atoms with Crippen LogP contribution in [0.2, 0.25) is 5.02 Å². The van der Waals surface area contributed by atoms with Crippen LogP contribution in [0.25, 0.3) is 22.4 Å². The SMILES string of the molecule is CCc1c(-c2ccccc2)nc(N)c(C#N)c1-c1cc([N+](=O)[O-])ccc1Cl. The maximum atomic E-state index is 11.2. The van der Waals surface area contributed by atoms with Gasteiger partial charge in [0.2, 0.25) is 0 Å². The summed E-state index contributed by atoms with van der Waals surface area (Å²) in [6.07, 6.45) is 0.542. The number of nitro groups is 1. The van der Waals surface area contributed by atoms with Gasteiger partial charge in [-0.3, -0.25) is 10.1 Å². The van der Waals surface area contributed by atoms with E-state index in [-0.39, 0.29) is 17.1 Å². The van der Waals surface area contributed by atoms with Crippen molar-refractivity contribution in [3.05, 3.63) is 74.8 Å². The van der Waals surface area contributed by atoms with Gasteiger partial charge in [-0.15, -0.1) is 0 Å². The quantitative estimate of drug-likeness (QED) is 0.508. The van der Waals surface area contributed by atoms with Crippen LogP contribution < -0.4 is 5.73 Å². The molecule has 2 aromatic carbocycles. The number of nitro benzene ring substituents is 1. The van der Waals surface area contributed by atoms with Crippen LogP contribution in [0.15, 0.2) is 48.5 Å². The van der Waals surface area contributed by atoms with Crippen LogP contribution in [0.1, 0.15) is 18.1 Å². The fraction of sp³-hybridized carbons (Fsp3) is 0.100. The molecular weight excluding hydrogens is 364 g/mol. The van der Waals surface area contributed by atoms with Gasteiger partial charge in [-0.1, -0.05) is 48.9 Å². The first kappa shape index (κ1) is 18.4. The number of non-ortho nitro benzene ring substituents is 1. The number of nitrogen functional groups attached to an aromatic ring is 1. The topological polar surface area (TPSA) is 106 Å². The molecule has 0 unspecified atom stereocenters. The molecule has 0 fully saturated rings. The van der Waals surface area contributed by atoms with Crippen molar-refractivity contribution in [2.75, 3.05) is 5.73 Å². The average molecular weight is 379 g/mol. The second kappa shape index (κ2) is 7.44. The number of nitriles is 1. The van der Waals surface area contributed by atoms with Crippen molar-refractivity contribution in [3.63, 3.8) is 0 Å². The highest BCUT2D eigenvalue weighted by molar-refractivity contribution is 6.33. The van der Waals surface area contributed by atoms with Gasteiger partial charge in [-0.05, 0) is 18.1 Å². The predicted octanol–water partition coefficient (Wildman–Crippen LogP) is 4.99. The van der Waals surface area contributed by atoms with Crippen molar-refractivity contribution < 1.29 is 4.92 Å². The summed E-state index contributed by atoms with van der Waals surface area (Å²) >= 11 is 6.35. The summed E-state index contributed by atoms with van der Waals surface area (Å²) in [6.45, 7) is 1.93. The van der Waals surface area contributed by atoms with Gasteiger partial charge in [0.15, 0.2) is 0 Å². The van der Waals surface area contributed by atoms with Crippen molar-refractivity contribution in [1.82, 2.24) is 4.98 Å². The first-order valence-electron chi connectivity index (χ1n) is 8.20. The van der Waals surface area contributed by atoms with Crippen molar-refractivity contribution in [2.45, 2.75) is 13.3 Å². The van der Waals surface area contributed by atoms with Gasteiger partial charge in [-0.25, -0.2) is 4.98 Å². The lowest BCUT2D eigenvalue weighted by atomic mass is 9.90. The van der Waals surface area contributed by atoms with Crippen LogP contribution in [-0.2, 0) is 6.42 Å². The zero-order valence-electron chi connectivity index (χ0n) is 14.4. The zero-order valence-corrected chi connectivity index (χ0v) is 15.2.